The fourth-order valence-electron chi connectivity index (χ4n) is 3.07. The van der Waals surface area contributed by atoms with Gasteiger partial charge in [-0.25, -0.2) is 0 Å². The summed E-state index contributed by atoms with van der Waals surface area (Å²) < 4.78 is 39.9. The van der Waals surface area contributed by atoms with Crippen molar-refractivity contribution in [3.05, 3.63) is 59.2 Å². The van der Waals surface area contributed by atoms with E-state index in [1.807, 2.05) is 24.3 Å². The van der Waals surface area contributed by atoms with Crippen molar-refractivity contribution in [3.8, 4) is 11.5 Å². The van der Waals surface area contributed by atoms with Crippen LogP contribution in [0.15, 0.2) is 52.4 Å². The Balaban J connectivity index is 1.98. The van der Waals surface area contributed by atoms with Gasteiger partial charge in [0.05, 0.1) is 19.9 Å². The highest BCUT2D eigenvalue weighted by Gasteiger charge is 2.31. The number of rotatable bonds is 5. The molecule has 0 aromatic heterocycles. The van der Waals surface area contributed by atoms with E-state index in [4.69, 9.17) is 9.47 Å². The number of amidine groups is 1. The van der Waals surface area contributed by atoms with E-state index in [1.54, 1.807) is 32.2 Å². The summed E-state index contributed by atoms with van der Waals surface area (Å²) >= 11 is 0. The molecule has 0 radical (unpaired) electrons. The van der Waals surface area contributed by atoms with Crippen LogP contribution in [-0.4, -0.2) is 28.5 Å². The van der Waals surface area contributed by atoms with E-state index in [9.17, 15) is 8.42 Å². The maximum absolute atomic E-state index is 12.7. The molecule has 0 bridgehead atoms. The monoisotopic (exact) mass is 400 g/mol. The summed E-state index contributed by atoms with van der Waals surface area (Å²) in [6.07, 6.45) is 0. The van der Waals surface area contributed by atoms with Gasteiger partial charge in [-0.05, 0) is 36.1 Å². The van der Waals surface area contributed by atoms with E-state index in [1.165, 1.54) is 7.11 Å². The molecular formula is C21H24N2O4S. The van der Waals surface area contributed by atoms with Gasteiger partial charge in [0.1, 0.15) is 22.2 Å². The molecule has 0 atom stereocenters. The SMILES string of the molecule is COc1ccc(NC2=NS(=O)(=O)C(c3ccc(C(C)C)cc3)=C2C)c(OC)c1. The maximum atomic E-state index is 12.7. The van der Waals surface area contributed by atoms with Gasteiger partial charge in [0, 0.05) is 11.6 Å². The molecule has 0 saturated carbocycles. The molecule has 1 N–H and O–H groups in total. The molecule has 0 fully saturated rings. The lowest BCUT2D eigenvalue weighted by Gasteiger charge is -2.12. The van der Waals surface area contributed by atoms with Gasteiger partial charge in [0.2, 0.25) is 0 Å². The third-order valence-electron chi connectivity index (χ3n) is 4.67. The summed E-state index contributed by atoms with van der Waals surface area (Å²) in [5.74, 6) is 1.83. The van der Waals surface area contributed by atoms with Crippen molar-refractivity contribution in [2.45, 2.75) is 26.7 Å². The van der Waals surface area contributed by atoms with Crippen molar-refractivity contribution in [3.63, 3.8) is 0 Å². The van der Waals surface area contributed by atoms with Crippen LogP contribution in [0.25, 0.3) is 4.91 Å². The molecule has 0 spiro atoms. The minimum Gasteiger partial charge on any atom is -0.497 e. The maximum Gasteiger partial charge on any atom is 0.285 e. The van der Waals surface area contributed by atoms with Crippen LogP contribution in [0.4, 0.5) is 5.69 Å². The Bertz CT molecular complexity index is 1050. The molecule has 7 heteroatoms. The Labute approximate surface area is 166 Å². The third kappa shape index (κ3) is 3.75. The van der Waals surface area contributed by atoms with Crippen LogP contribution in [0, 0.1) is 0 Å². The van der Waals surface area contributed by atoms with Gasteiger partial charge in [0.25, 0.3) is 10.0 Å². The highest BCUT2D eigenvalue weighted by atomic mass is 32.2. The first-order chi connectivity index (χ1) is 13.3. The van der Waals surface area contributed by atoms with Crippen molar-refractivity contribution in [1.29, 1.82) is 0 Å². The van der Waals surface area contributed by atoms with Gasteiger partial charge in [0.15, 0.2) is 0 Å². The van der Waals surface area contributed by atoms with Crippen molar-refractivity contribution in [2.24, 2.45) is 4.40 Å². The second-order valence-electron chi connectivity index (χ2n) is 6.84. The second-order valence-corrected chi connectivity index (χ2v) is 8.38. The molecule has 148 valence electrons. The van der Waals surface area contributed by atoms with Crippen molar-refractivity contribution < 1.29 is 17.9 Å². The number of hydrogen-bond acceptors (Lipinski definition) is 5. The Kier molecular flexibility index (Phi) is 5.47. The quantitative estimate of drug-likeness (QED) is 0.804. The summed E-state index contributed by atoms with van der Waals surface area (Å²) in [6.45, 7) is 5.94. The predicted molar refractivity (Wildman–Crippen MR) is 113 cm³/mol. The highest BCUT2D eigenvalue weighted by molar-refractivity contribution is 8.00. The van der Waals surface area contributed by atoms with Gasteiger partial charge in [-0.1, -0.05) is 38.1 Å². The van der Waals surface area contributed by atoms with Crippen LogP contribution in [0.5, 0.6) is 11.5 Å². The van der Waals surface area contributed by atoms with Crippen molar-refractivity contribution in [1.82, 2.24) is 0 Å². The normalized spacial score (nSPS) is 15.6. The smallest absolute Gasteiger partial charge is 0.285 e. The summed E-state index contributed by atoms with van der Waals surface area (Å²) in [4.78, 5) is 0.220. The van der Waals surface area contributed by atoms with Gasteiger partial charge >= 0.3 is 0 Å². The molecule has 0 aliphatic carbocycles. The van der Waals surface area contributed by atoms with Crippen LogP contribution in [0.1, 0.15) is 37.8 Å². The fourth-order valence-corrected chi connectivity index (χ4v) is 4.50. The lowest BCUT2D eigenvalue weighted by Crippen LogP contribution is -2.12. The van der Waals surface area contributed by atoms with E-state index in [2.05, 4.69) is 23.6 Å². The van der Waals surface area contributed by atoms with E-state index in [0.717, 1.165) is 5.56 Å². The van der Waals surface area contributed by atoms with Gasteiger partial charge in [-0.2, -0.15) is 8.42 Å². The molecular weight excluding hydrogens is 376 g/mol. The average Bonchev–Trinajstić information content (AvgIpc) is 2.90. The van der Waals surface area contributed by atoms with E-state index < -0.39 is 10.0 Å². The van der Waals surface area contributed by atoms with Crippen molar-refractivity contribution >= 4 is 26.5 Å². The number of methoxy groups -OCH3 is 2. The topological polar surface area (TPSA) is 77.0 Å². The van der Waals surface area contributed by atoms with Crippen molar-refractivity contribution in [2.75, 3.05) is 19.5 Å². The van der Waals surface area contributed by atoms with Crippen LogP contribution >= 0.6 is 0 Å². The van der Waals surface area contributed by atoms with Crippen LogP contribution < -0.4 is 14.8 Å². The van der Waals surface area contributed by atoms with Gasteiger partial charge in [-0.3, -0.25) is 0 Å². The summed E-state index contributed by atoms with van der Waals surface area (Å²) in [7, 11) is -0.677. The van der Waals surface area contributed by atoms with Gasteiger partial charge in [-0.15, -0.1) is 4.40 Å². The zero-order valence-electron chi connectivity index (χ0n) is 16.6. The molecule has 3 rings (SSSR count). The minimum atomic E-state index is -3.78. The molecule has 28 heavy (non-hydrogen) atoms. The molecule has 6 nitrogen and oxygen atoms in total. The van der Waals surface area contributed by atoms with Gasteiger partial charge < -0.3 is 14.8 Å². The highest BCUT2D eigenvalue weighted by Crippen LogP contribution is 2.35. The Morgan fingerprint density at radius 1 is 1.00 bits per heavy atom. The molecule has 0 unspecified atom stereocenters. The summed E-state index contributed by atoms with van der Waals surface area (Å²) in [6, 6.07) is 12.8. The molecule has 0 amide bonds. The number of nitrogens with one attached hydrogen (secondary N) is 1. The zero-order chi connectivity index (χ0) is 20.5. The Morgan fingerprint density at radius 3 is 2.25 bits per heavy atom. The average molecular weight is 401 g/mol. The van der Waals surface area contributed by atoms with E-state index in [0.29, 0.717) is 34.2 Å². The molecule has 2 aromatic carbocycles. The number of sulfonamides is 1. The van der Waals surface area contributed by atoms with E-state index >= 15 is 0 Å². The Hall–Kier alpha value is -2.80. The Morgan fingerprint density at radius 2 is 1.68 bits per heavy atom. The molecule has 0 saturated heterocycles. The number of hydrogen-bond donors (Lipinski definition) is 1. The van der Waals surface area contributed by atoms with Crippen LogP contribution in [0.2, 0.25) is 0 Å². The largest absolute Gasteiger partial charge is 0.497 e. The third-order valence-corrected chi connectivity index (χ3v) is 6.15. The first kappa shape index (κ1) is 19.9. The van der Waals surface area contributed by atoms with E-state index in [-0.39, 0.29) is 10.7 Å². The number of ether oxygens (including phenoxy) is 2. The first-order valence-electron chi connectivity index (χ1n) is 8.92. The number of benzene rings is 2. The molecule has 1 aliphatic rings. The zero-order valence-corrected chi connectivity index (χ0v) is 17.4. The minimum absolute atomic E-state index is 0.220. The standard InChI is InChI=1S/C21H24N2O4S/c1-13(2)15-6-8-16(9-7-15)20-14(3)21(23-28(20,24)25)22-18-11-10-17(26-4)12-19(18)27-5/h6-13H,1-5H3,(H,22,23). The lowest BCUT2D eigenvalue weighted by molar-refractivity contribution is 0.395. The van der Waals surface area contributed by atoms with Crippen LogP contribution in [-0.2, 0) is 10.0 Å². The molecule has 2 aromatic rings. The summed E-state index contributed by atoms with van der Waals surface area (Å²) in [5, 5.41) is 3.08. The van der Waals surface area contributed by atoms with Crippen LogP contribution in [0.3, 0.4) is 0 Å². The first-order valence-corrected chi connectivity index (χ1v) is 10.4. The predicted octanol–water partition coefficient (Wildman–Crippen LogP) is 4.41. The summed E-state index contributed by atoms with van der Waals surface area (Å²) in [5.41, 5.74) is 2.95. The fraction of sp³-hybridized carbons (Fsp3) is 0.286. The number of anilines is 1. The second kappa shape index (κ2) is 7.67. The number of nitrogens with zero attached hydrogens (tertiary/aromatic N) is 1. The molecule has 1 heterocycles. The molecule has 1 aliphatic heterocycles. The lowest BCUT2D eigenvalue weighted by atomic mass is 10.0.